The lowest BCUT2D eigenvalue weighted by Gasteiger charge is -2.09. The fourth-order valence-electron chi connectivity index (χ4n) is 3.77. The van der Waals surface area contributed by atoms with Crippen LogP contribution in [0.5, 0.6) is 0 Å². The zero-order valence-electron chi connectivity index (χ0n) is 17.1. The van der Waals surface area contributed by atoms with Crippen LogP contribution in [-0.2, 0) is 6.54 Å². The normalized spacial score (nSPS) is 11.3. The Balaban J connectivity index is 1.33. The highest BCUT2D eigenvalue weighted by Gasteiger charge is 2.19. The summed E-state index contributed by atoms with van der Waals surface area (Å²) in [4.78, 5) is 22.0. The van der Waals surface area contributed by atoms with Gasteiger partial charge in [0.15, 0.2) is 0 Å². The van der Waals surface area contributed by atoms with E-state index in [1.165, 1.54) is 0 Å². The lowest BCUT2D eigenvalue weighted by Crippen LogP contribution is -2.25. The van der Waals surface area contributed by atoms with Crippen LogP contribution in [0.4, 0.5) is 0 Å². The number of para-hydroxylation sites is 2. The van der Waals surface area contributed by atoms with Crippen LogP contribution >= 0.6 is 0 Å². The number of benzene rings is 2. The van der Waals surface area contributed by atoms with Gasteiger partial charge in [-0.05, 0) is 31.5 Å². The van der Waals surface area contributed by atoms with E-state index in [1.807, 2.05) is 61.8 Å². The number of nitrogens with zero attached hydrogens (tertiary/aromatic N) is 4. The van der Waals surface area contributed by atoms with Crippen LogP contribution in [0.1, 0.15) is 22.5 Å². The number of nitrogens with one attached hydrogen (secondary N) is 1. The Morgan fingerprint density at radius 3 is 2.77 bits per heavy atom. The van der Waals surface area contributed by atoms with E-state index in [9.17, 15) is 4.79 Å². The molecule has 0 spiro atoms. The van der Waals surface area contributed by atoms with Crippen molar-refractivity contribution in [3.05, 3.63) is 78.2 Å². The average Bonchev–Trinajstić information content (AvgIpc) is 3.40. The minimum absolute atomic E-state index is 0.161. The second-order valence-corrected chi connectivity index (χ2v) is 7.41. The highest BCUT2D eigenvalue weighted by Crippen LogP contribution is 2.27. The molecule has 5 rings (SSSR count). The summed E-state index contributed by atoms with van der Waals surface area (Å²) < 4.78 is 7.47. The van der Waals surface area contributed by atoms with Gasteiger partial charge in [-0.25, -0.2) is 9.97 Å². The van der Waals surface area contributed by atoms with Crippen molar-refractivity contribution in [1.29, 1.82) is 0 Å². The van der Waals surface area contributed by atoms with Crippen LogP contribution < -0.4 is 5.32 Å². The molecule has 0 radical (unpaired) electrons. The maximum absolute atomic E-state index is 13.0. The molecule has 3 aromatic heterocycles. The summed E-state index contributed by atoms with van der Waals surface area (Å²) in [5.41, 5.74) is 5.21. The molecule has 0 bridgehead atoms. The molecule has 0 aliphatic rings. The molecule has 3 heterocycles. The molecule has 0 aliphatic heterocycles. The van der Waals surface area contributed by atoms with E-state index in [-0.39, 0.29) is 5.91 Å². The van der Waals surface area contributed by atoms with Crippen LogP contribution in [0.3, 0.4) is 0 Å². The monoisotopic (exact) mass is 411 g/mol. The molecule has 31 heavy (non-hydrogen) atoms. The van der Waals surface area contributed by atoms with Crippen LogP contribution in [0.2, 0.25) is 0 Å². The number of hydrogen-bond acceptors (Lipinski definition) is 5. The number of aromatic nitrogens is 4. The van der Waals surface area contributed by atoms with Gasteiger partial charge in [-0.2, -0.15) is 0 Å². The Hall–Kier alpha value is -4.00. The molecule has 0 fully saturated rings. The van der Waals surface area contributed by atoms with Gasteiger partial charge in [-0.15, -0.1) is 0 Å². The standard InChI is InChI=1S/C24H21N5O2/c1-16-22-18(14-20(27-24(22)31-28-16)17-8-3-2-4-9-17)23(30)25-12-7-13-29-15-26-19-10-5-6-11-21(19)29/h2-6,8-11,14-15H,7,12-13H2,1H3,(H,25,30). The van der Waals surface area contributed by atoms with Crippen molar-refractivity contribution in [2.24, 2.45) is 0 Å². The van der Waals surface area contributed by atoms with Gasteiger partial charge in [0.2, 0.25) is 0 Å². The Kier molecular flexibility index (Phi) is 4.92. The second-order valence-electron chi connectivity index (χ2n) is 7.41. The van der Waals surface area contributed by atoms with Gasteiger partial charge in [0.05, 0.1) is 39.7 Å². The van der Waals surface area contributed by atoms with E-state index in [0.29, 0.717) is 34.6 Å². The van der Waals surface area contributed by atoms with Gasteiger partial charge in [-0.3, -0.25) is 4.79 Å². The predicted molar refractivity (Wildman–Crippen MR) is 119 cm³/mol. The van der Waals surface area contributed by atoms with Gasteiger partial charge >= 0.3 is 0 Å². The fourth-order valence-corrected chi connectivity index (χ4v) is 3.77. The summed E-state index contributed by atoms with van der Waals surface area (Å²) in [7, 11) is 0. The molecule has 154 valence electrons. The SMILES string of the molecule is Cc1noc2nc(-c3ccccc3)cc(C(=O)NCCCn3cnc4ccccc43)c12. The first-order chi connectivity index (χ1) is 15.2. The summed E-state index contributed by atoms with van der Waals surface area (Å²) in [6, 6.07) is 19.6. The summed E-state index contributed by atoms with van der Waals surface area (Å²) in [6.45, 7) is 3.13. The lowest BCUT2D eigenvalue weighted by atomic mass is 10.1. The van der Waals surface area contributed by atoms with Gasteiger partial charge in [0, 0.05) is 18.7 Å². The number of amides is 1. The summed E-state index contributed by atoms with van der Waals surface area (Å²) >= 11 is 0. The molecular weight excluding hydrogens is 390 g/mol. The molecule has 0 aliphatic carbocycles. The zero-order valence-corrected chi connectivity index (χ0v) is 17.1. The average molecular weight is 411 g/mol. The lowest BCUT2D eigenvalue weighted by molar-refractivity contribution is 0.0954. The number of carbonyl (C=O) groups is 1. The highest BCUT2D eigenvalue weighted by atomic mass is 16.5. The highest BCUT2D eigenvalue weighted by molar-refractivity contribution is 6.07. The minimum Gasteiger partial charge on any atom is -0.352 e. The van der Waals surface area contributed by atoms with Crippen molar-refractivity contribution in [2.45, 2.75) is 19.9 Å². The molecule has 2 aromatic carbocycles. The molecule has 1 amide bonds. The largest absolute Gasteiger partial charge is 0.352 e. The third-order valence-corrected chi connectivity index (χ3v) is 5.32. The summed E-state index contributed by atoms with van der Waals surface area (Å²) in [5.74, 6) is -0.161. The van der Waals surface area contributed by atoms with E-state index < -0.39 is 0 Å². The Morgan fingerprint density at radius 2 is 1.90 bits per heavy atom. The van der Waals surface area contributed by atoms with Gasteiger partial charge < -0.3 is 14.4 Å². The van der Waals surface area contributed by atoms with Crippen molar-refractivity contribution in [2.75, 3.05) is 6.54 Å². The minimum atomic E-state index is -0.161. The van der Waals surface area contributed by atoms with E-state index in [4.69, 9.17) is 4.52 Å². The molecule has 7 nitrogen and oxygen atoms in total. The summed E-state index contributed by atoms with van der Waals surface area (Å²) in [6.07, 6.45) is 2.63. The van der Waals surface area contributed by atoms with Gasteiger partial charge in [-0.1, -0.05) is 47.6 Å². The van der Waals surface area contributed by atoms with Crippen molar-refractivity contribution >= 4 is 28.0 Å². The molecule has 0 unspecified atom stereocenters. The maximum Gasteiger partial charge on any atom is 0.259 e. The first kappa shape index (κ1) is 19.0. The number of pyridine rings is 1. The van der Waals surface area contributed by atoms with Gasteiger partial charge in [0.1, 0.15) is 0 Å². The molecule has 1 N–H and O–H groups in total. The molecule has 0 atom stereocenters. The Labute approximate surface area is 178 Å². The molecule has 7 heteroatoms. The topological polar surface area (TPSA) is 85.8 Å². The molecular formula is C24H21N5O2. The van der Waals surface area contributed by atoms with E-state index in [2.05, 4.69) is 31.1 Å². The molecule has 0 saturated carbocycles. The third kappa shape index (κ3) is 3.66. The Morgan fingerprint density at radius 1 is 1.10 bits per heavy atom. The number of fused-ring (bicyclic) bond motifs is 2. The Bertz CT molecular complexity index is 1370. The number of imidazole rings is 1. The van der Waals surface area contributed by atoms with E-state index in [1.54, 1.807) is 6.07 Å². The van der Waals surface area contributed by atoms with Crippen LogP contribution in [-0.4, -0.2) is 32.1 Å². The van der Waals surface area contributed by atoms with Gasteiger partial charge in [0.25, 0.3) is 11.6 Å². The number of rotatable bonds is 6. The summed E-state index contributed by atoms with van der Waals surface area (Å²) in [5, 5.41) is 7.68. The maximum atomic E-state index is 13.0. The van der Waals surface area contributed by atoms with Crippen molar-refractivity contribution < 1.29 is 9.32 Å². The van der Waals surface area contributed by atoms with Crippen LogP contribution in [0, 0.1) is 6.92 Å². The van der Waals surface area contributed by atoms with Crippen LogP contribution in [0.25, 0.3) is 33.4 Å². The zero-order chi connectivity index (χ0) is 21.2. The first-order valence-corrected chi connectivity index (χ1v) is 10.2. The quantitative estimate of drug-likeness (QED) is 0.419. The number of aryl methyl sites for hydroxylation is 2. The number of carbonyl (C=O) groups excluding carboxylic acids is 1. The first-order valence-electron chi connectivity index (χ1n) is 10.2. The predicted octanol–water partition coefficient (Wildman–Crippen LogP) is 4.37. The van der Waals surface area contributed by atoms with E-state index >= 15 is 0 Å². The fraction of sp³-hybridized carbons (Fsp3) is 0.167. The second kappa shape index (κ2) is 8.02. The van der Waals surface area contributed by atoms with Crippen molar-refractivity contribution in [3.63, 3.8) is 0 Å². The van der Waals surface area contributed by atoms with Crippen molar-refractivity contribution in [1.82, 2.24) is 25.0 Å². The smallest absolute Gasteiger partial charge is 0.259 e. The molecule has 5 aromatic rings. The third-order valence-electron chi connectivity index (χ3n) is 5.32. The van der Waals surface area contributed by atoms with Crippen LogP contribution in [0.15, 0.2) is 71.5 Å². The van der Waals surface area contributed by atoms with Crippen molar-refractivity contribution in [3.8, 4) is 11.3 Å². The number of hydrogen-bond donors (Lipinski definition) is 1. The van der Waals surface area contributed by atoms with E-state index in [0.717, 1.165) is 29.6 Å². The molecule has 0 saturated heterocycles.